The van der Waals surface area contributed by atoms with Gasteiger partial charge in [0.25, 0.3) is 5.56 Å². The van der Waals surface area contributed by atoms with E-state index in [9.17, 15) is 10.1 Å². The van der Waals surface area contributed by atoms with Crippen LogP contribution in [0, 0.1) is 25.2 Å². The van der Waals surface area contributed by atoms with Crippen molar-refractivity contribution in [1.29, 1.82) is 5.26 Å². The largest absolute Gasteiger partial charge is 0.278 e. The van der Waals surface area contributed by atoms with Crippen molar-refractivity contribution in [2.75, 3.05) is 0 Å². The summed E-state index contributed by atoms with van der Waals surface area (Å²) < 4.78 is 1.26. The molecule has 0 bridgehead atoms. The van der Waals surface area contributed by atoms with E-state index in [-0.39, 0.29) is 11.4 Å². The van der Waals surface area contributed by atoms with Crippen LogP contribution in [0.1, 0.15) is 17.1 Å². The Labute approximate surface area is 136 Å². The Kier molecular flexibility index (Phi) is 4.04. The number of nitriles is 1. The predicted octanol–water partition coefficient (Wildman–Crippen LogP) is 1.82. The number of thioether (sulfide) groups is 1. The van der Waals surface area contributed by atoms with Crippen LogP contribution >= 0.6 is 11.8 Å². The average Bonchev–Trinajstić information content (AvgIpc) is 2.54. The minimum Gasteiger partial charge on any atom is -0.267 e. The van der Waals surface area contributed by atoms with Gasteiger partial charge in [-0.15, -0.1) is 5.10 Å². The van der Waals surface area contributed by atoms with E-state index in [4.69, 9.17) is 0 Å². The molecule has 0 amide bonds. The fourth-order valence-corrected chi connectivity index (χ4v) is 3.09. The molecule has 0 aliphatic rings. The molecule has 8 heteroatoms. The van der Waals surface area contributed by atoms with E-state index in [1.165, 1.54) is 16.4 Å². The second-order valence-corrected chi connectivity index (χ2v) is 5.77. The van der Waals surface area contributed by atoms with Crippen molar-refractivity contribution in [3.05, 3.63) is 51.7 Å². The van der Waals surface area contributed by atoms with Crippen molar-refractivity contribution < 1.29 is 0 Å². The van der Waals surface area contributed by atoms with E-state index in [0.29, 0.717) is 33.0 Å². The molecular weight excluding hydrogens is 312 g/mol. The molecule has 0 saturated heterocycles. The van der Waals surface area contributed by atoms with Gasteiger partial charge in [-0.3, -0.25) is 4.79 Å². The molecule has 0 atom stereocenters. The quantitative estimate of drug-likeness (QED) is 0.535. The summed E-state index contributed by atoms with van der Waals surface area (Å²) in [7, 11) is 0. The molecule has 3 aromatic rings. The van der Waals surface area contributed by atoms with Crippen molar-refractivity contribution in [1.82, 2.24) is 25.0 Å². The van der Waals surface area contributed by atoms with Crippen molar-refractivity contribution in [3.63, 3.8) is 0 Å². The molecule has 0 aliphatic carbocycles. The average molecular weight is 324 g/mol. The van der Waals surface area contributed by atoms with Crippen molar-refractivity contribution in [2.45, 2.75) is 24.8 Å². The van der Waals surface area contributed by atoms with Crippen molar-refractivity contribution in [2.24, 2.45) is 0 Å². The van der Waals surface area contributed by atoms with E-state index in [2.05, 4.69) is 26.3 Å². The number of hydrogen-bond donors (Lipinski definition) is 0. The first kappa shape index (κ1) is 15.1. The topological polar surface area (TPSA) is 97.4 Å². The number of aromatic nitrogens is 5. The van der Waals surface area contributed by atoms with Crippen LogP contribution in [0.3, 0.4) is 0 Å². The first-order valence-electron chi connectivity index (χ1n) is 6.81. The summed E-state index contributed by atoms with van der Waals surface area (Å²) in [5.41, 5.74) is 1.39. The van der Waals surface area contributed by atoms with Crippen LogP contribution in [0.15, 0.2) is 34.1 Å². The molecule has 7 nitrogen and oxygen atoms in total. The van der Waals surface area contributed by atoms with Crippen molar-refractivity contribution >= 4 is 22.7 Å². The van der Waals surface area contributed by atoms with Crippen LogP contribution < -0.4 is 5.56 Å². The molecule has 0 aliphatic heterocycles. The highest BCUT2D eigenvalue weighted by molar-refractivity contribution is 7.98. The summed E-state index contributed by atoms with van der Waals surface area (Å²) >= 11 is 1.26. The monoisotopic (exact) mass is 324 g/mol. The zero-order valence-corrected chi connectivity index (χ0v) is 13.3. The van der Waals surface area contributed by atoms with Gasteiger partial charge in [-0.25, -0.2) is 9.97 Å². The summed E-state index contributed by atoms with van der Waals surface area (Å²) in [5, 5.41) is 18.3. The number of hydrogen-bond acceptors (Lipinski definition) is 7. The first-order valence-corrected chi connectivity index (χ1v) is 7.79. The van der Waals surface area contributed by atoms with Gasteiger partial charge in [0.1, 0.15) is 28.0 Å². The molecule has 0 unspecified atom stereocenters. The van der Waals surface area contributed by atoms with Gasteiger partial charge in [0.05, 0.1) is 17.0 Å². The lowest BCUT2D eigenvalue weighted by atomic mass is 10.2. The highest BCUT2D eigenvalue weighted by Crippen LogP contribution is 2.22. The predicted molar refractivity (Wildman–Crippen MR) is 85.9 cm³/mol. The molecule has 114 valence electrons. The number of fused-ring (bicyclic) bond motifs is 1. The lowest BCUT2D eigenvalue weighted by molar-refractivity contribution is 0.644. The minimum atomic E-state index is -0.218. The molecule has 2 heterocycles. The van der Waals surface area contributed by atoms with E-state index in [1.54, 1.807) is 38.1 Å². The normalized spacial score (nSPS) is 10.7. The molecule has 2 aromatic heterocycles. The third-order valence-electron chi connectivity index (χ3n) is 3.23. The van der Waals surface area contributed by atoms with Gasteiger partial charge in [0.15, 0.2) is 0 Å². The van der Waals surface area contributed by atoms with Crippen LogP contribution in [-0.4, -0.2) is 25.0 Å². The third kappa shape index (κ3) is 2.91. The van der Waals surface area contributed by atoms with Gasteiger partial charge in [0, 0.05) is 0 Å². The fraction of sp³-hybridized carbons (Fsp3) is 0.200. The summed E-state index contributed by atoms with van der Waals surface area (Å²) in [6.45, 7) is 3.53. The smallest absolute Gasteiger partial charge is 0.267 e. The molecule has 0 radical (unpaired) electrons. The Balaban J connectivity index is 1.95. The molecule has 23 heavy (non-hydrogen) atoms. The second kappa shape index (κ2) is 6.14. The Bertz CT molecular complexity index is 991. The summed E-state index contributed by atoms with van der Waals surface area (Å²) in [6.07, 6.45) is 0. The number of rotatable bonds is 3. The fourth-order valence-electron chi connectivity index (χ4n) is 2.14. The third-order valence-corrected chi connectivity index (χ3v) is 4.18. The summed E-state index contributed by atoms with van der Waals surface area (Å²) in [6, 6.07) is 9.15. The van der Waals surface area contributed by atoms with Gasteiger partial charge in [-0.05, 0) is 26.0 Å². The molecule has 1 aromatic carbocycles. The minimum absolute atomic E-state index is 0.218. The van der Waals surface area contributed by atoms with Gasteiger partial charge in [-0.1, -0.05) is 29.1 Å². The van der Waals surface area contributed by atoms with E-state index < -0.39 is 0 Å². The number of benzene rings is 1. The van der Waals surface area contributed by atoms with E-state index in [1.807, 2.05) is 0 Å². The number of nitrogens with zero attached hydrogens (tertiary/aromatic N) is 6. The lowest BCUT2D eigenvalue weighted by Crippen LogP contribution is -2.23. The van der Waals surface area contributed by atoms with Crippen molar-refractivity contribution in [3.8, 4) is 6.07 Å². The van der Waals surface area contributed by atoms with Crippen LogP contribution in [0.5, 0.6) is 0 Å². The summed E-state index contributed by atoms with van der Waals surface area (Å²) in [4.78, 5) is 20.8. The van der Waals surface area contributed by atoms with Gasteiger partial charge >= 0.3 is 0 Å². The molecule has 0 fully saturated rings. The highest BCUT2D eigenvalue weighted by Gasteiger charge is 2.12. The van der Waals surface area contributed by atoms with Crippen LogP contribution in [0.25, 0.3) is 10.9 Å². The molecular formula is C15H12N6OS. The second-order valence-electron chi connectivity index (χ2n) is 4.83. The van der Waals surface area contributed by atoms with E-state index >= 15 is 0 Å². The standard InChI is InChI=1S/C15H12N6OS/c1-9-12(7-16)14(18-10(2)17-9)23-8-21-15(22)11-5-3-4-6-13(11)19-20-21/h3-6H,8H2,1-2H3. The maximum atomic E-state index is 12.4. The Hall–Kier alpha value is -2.79. The van der Waals surface area contributed by atoms with Gasteiger partial charge in [0.2, 0.25) is 0 Å². The van der Waals surface area contributed by atoms with Gasteiger partial charge in [-0.2, -0.15) is 9.94 Å². The summed E-state index contributed by atoms with van der Waals surface area (Å²) in [5.74, 6) is 0.808. The maximum Gasteiger partial charge on any atom is 0.278 e. The Morgan fingerprint density at radius 1 is 1.26 bits per heavy atom. The number of aryl methyl sites for hydroxylation is 2. The zero-order valence-electron chi connectivity index (χ0n) is 12.5. The molecule has 0 saturated carbocycles. The van der Waals surface area contributed by atoms with Crippen LogP contribution in [0.2, 0.25) is 0 Å². The zero-order chi connectivity index (χ0) is 16.4. The SMILES string of the molecule is Cc1nc(C)c(C#N)c(SCn2nnc3ccccc3c2=O)n1. The molecule has 3 rings (SSSR count). The molecule has 0 spiro atoms. The van der Waals surface area contributed by atoms with Crippen LogP contribution in [0.4, 0.5) is 0 Å². The van der Waals surface area contributed by atoms with E-state index in [0.717, 1.165) is 0 Å². The highest BCUT2D eigenvalue weighted by atomic mass is 32.2. The maximum absolute atomic E-state index is 12.4. The molecule has 0 N–H and O–H groups in total. The van der Waals surface area contributed by atoms with Crippen LogP contribution in [-0.2, 0) is 5.88 Å². The van der Waals surface area contributed by atoms with Gasteiger partial charge < -0.3 is 0 Å². The first-order chi connectivity index (χ1) is 11.1. The lowest BCUT2D eigenvalue weighted by Gasteiger charge is -2.07. The Morgan fingerprint density at radius 3 is 2.83 bits per heavy atom. The Morgan fingerprint density at radius 2 is 2.04 bits per heavy atom.